The largest absolute Gasteiger partial charge is 0.497 e. The summed E-state index contributed by atoms with van der Waals surface area (Å²) >= 11 is 0. The van der Waals surface area contributed by atoms with Gasteiger partial charge in [0.1, 0.15) is 5.75 Å². The maximum Gasteiger partial charge on any atom is 0.308 e. The first-order chi connectivity index (χ1) is 11.2. The predicted molar refractivity (Wildman–Crippen MR) is 89.6 cm³/mol. The summed E-state index contributed by atoms with van der Waals surface area (Å²) in [5, 5.41) is 1.09. The molecule has 1 aliphatic carbocycles. The Labute approximate surface area is 136 Å². The van der Waals surface area contributed by atoms with Crippen molar-refractivity contribution < 1.29 is 14.3 Å². The lowest BCUT2D eigenvalue weighted by Gasteiger charge is -2.27. The minimum absolute atomic E-state index is 0.0375. The molecule has 1 saturated carbocycles. The molecule has 1 aromatic carbocycles. The van der Waals surface area contributed by atoms with Crippen LogP contribution in [0.2, 0.25) is 0 Å². The Kier molecular flexibility index (Phi) is 4.79. The number of pyridine rings is 1. The summed E-state index contributed by atoms with van der Waals surface area (Å²) in [5.41, 5.74) is 2.13. The lowest BCUT2D eigenvalue weighted by molar-refractivity contribution is -0.149. The van der Waals surface area contributed by atoms with Crippen molar-refractivity contribution in [2.75, 3.05) is 13.7 Å². The van der Waals surface area contributed by atoms with E-state index in [1.54, 1.807) is 7.11 Å². The van der Waals surface area contributed by atoms with E-state index in [2.05, 4.69) is 12.1 Å². The SMILES string of the molecule is CCOC(=O)C1CCC(c2ccc3cc(OC)ccc3n2)CC1. The van der Waals surface area contributed by atoms with Crippen molar-refractivity contribution in [2.24, 2.45) is 5.92 Å². The van der Waals surface area contributed by atoms with Gasteiger partial charge in [-0.25, -0.2) is 0 Å². The molecular weight excluding hydrogens is 290 g/mol. The molecule has 1 aliphatic rings. The number of hydrogen-bond donors (Lipinski definition) is 0. The highest BCUT2D eigenvalue weighted by Crippen LogP contribution is 2.36. The van der Waals surface area contributed by atoms with Gasteiger partial charge in [0, 0.05) is 17.0 Å². The second-order valence-corrected chi connectivity index (χ2v) is 6.10. The molecule has 1 fully saturated rings. The van der Waals surface area contributed by atoms with E-state index in [4.69, 9.17) is 14.5 Å². The Hall–Kier alpha value is -2.10. The molecule has 122 valence electrons. The summed E-state index contributed by atoms with van der Waals surface area (Å²) < 4.78 is 10.4. The highest BCUT2D eigenvalue weighted by Gasteiger charge is 2.28. The van der Waals surface area contributed by atoms with Crippen molar-refractivity contribution in [1.82, 2.24) is 4.98 Å². The smallest absolute Gasteiger partial charge is 0.308 e. The van der Waals surface area contributed by atoms with Crippen molar-refractivity contribution in [3.8, 4) is 5.75 Å². The Balaban J connectivity index is 1.71. The highest BCUT2D eigenvalue weighted by atomic mass is 16.5. The molecule has 1 heterocycles. The molecule has 0 N–H and O–H groups in total. The molecular formula is C19H23NO3. The van der Waals surface area contributed by atoms with Crippen molar-refractivity contribution in [3.05, 3.63) is 36.0 Å². The molecule has 3 rings (SSSR count). The number of benzene rings is 1. The minimum atomic E-state index is -0.0375. The molecule has 0 bridgehead atoms. The van der Waals surface area contributed by atoms with Crippen molar-refractivity contribution in [2.45, 2.75) is 38.5 Å². The van der Waals surface area contributed by atoms with Gasteiger partial charge in [0.25, 0.3) is 0 Å². The number of ether oxygens (including phenoxy) is 2. The van der Waals surface area contributed by atoms with Crippen molar-refractivity contribution in [1.29, 1.82) is 0 Å². The van der Waals surface area contributed by atoms with Crippen LogP contribution in [0, 0.1) is 5.92 Å². The van der Waals surface area contributed by atoms with Crippen LogP contribution in [-0.2, 0) is 9.53 Å². The van der Waals surface area contributed by atoms with Gasteiger partial charge in [0.15, 0.2) is 0 Å². The number of rotatable bonds is 4. The average Bonchev–Trinajstić information content (AvgIpc) is 2.61. The zero-order valence-corrected chi connectivity index (χ0v) is 13.7. The zero-order chi connectivity index (χ0) is 16.2. The molecule has 0 spiro atoms. The molecule has 0 radical (unpaired) electrons. The third kappa shape index (κ3) is 3.46. The fraction of sp³-hybridized carbons (Fsp3) is 0.474. The van der Waals surface area contributed by atoms with Crippen LogP contribution in [-0.4, -0.2) is 24.7 Å². The number of hydrogen-bond acceptors (Lipinski definition) is 4. The lowest BCUT2D eigenvalue weighted by atomic mass is 9.80. The first-order valence-corrected chi connectivity index (χ1v) is 8.32. The second-order valence-electron chi connectivity index (χ2n) is 6.10. The third-order valence-electron chi connectivity index (χ3n) is 4.68. The number of methoxy groups -OCH3 is 1. The first kappa shape index (κ1) is 15.8. The number of fused-ring (bicyclic) bond motifs is 1. The van der Waals surface area contributed by atoms with E-state index in [-0.39, 0.29) is 11.9 Å². The number of esters is 1. The number of carbonyl (C=O) groups excluding carboxylic acids is 1. The molecule has 4 heteroatoms. The van der Waals surface area contributed by atoms with Gasteiger partial charge in [-0.15, -0.1) is 0 Å². The lowest BCUT2D eigenvalue weighted by Crippen LogP contribution is -2.23. The standard InChI is InChI=1S/C19H23NO3/c1-3-23-19(21)14-6-4-13(5-7-14)17-10-8-15-12-16(22-2)9-11-18(15)20-17/h8-14H,3-7H2,1-2H3. The van der Waals surface area contributed by atoms with Gasteiger partial charge in [-0.1, -0.05) is 6.07 Å². The summed E-state index contributed by atoms with van der Waals surface area (Å²) in [6, 6.07) is 10.2. The number of nitrogens with zero attached hydrogens (tertiary/aromatic N) is 1. The molecule has 0 saturated heterocycles. The van der Waals surface area contributed by atoms with E-state index in [9.17, 15) is 4.79 Å². The molecule has 0 unspecified atom stereocenters. The molecule has 0 aliphatic heterocycles. The maximum atomic E-state index is 11.8. The van der Waals surface area contributed by atoms with Gasteiger partial charge in [-0.3, -0.25) is 9.78 Å². The topological polar surface area (TPSA) is 48.4 Å². The van der Waals surface area contributed by atoms with Crippen molar-refractivity contribution >= 4 is 16.9 Å². The molecule has 0 atom stereocenters. The van der Waals surface area contributed by atoms with Crippen LogP contribution in [0.1, 0.15) is 44.2 Å². The van der Waals surface area contributed by atoms with E-state index in [0.29, 0.717) is 12.5 Å². The van der Waals surface area contributed by atoms with Gasteiger partial charge >= 0.3 is 5.97 Å². The zero-order valence-electron chi connectivity index (χ0n) is 13.7. The van der Waals surface area contributed by atoms with Crippen LogP contribution in [0.5, 0.6) is 5.75 Å². The molecule has 0 amide bonds. The fourth-order valence-corrected chi connectivity index (χ4v) is 3.36. The quantitative estimate of drug-likeness (QED) is 0.798. The van der Waals surface area contributed by atoms with Crippen LogP contribution in [0.25, 0.3) is 10.9 Å². The van der Waals surface area contributed by atoms with E-state index in [0.717, 1.165) is 48.0 Å². The fourth-order valence-electron chi connectivity index (χ4n) is 3.36. The predicted octanol–water partition coefficient (Wildman–Crippen LogP) is 4.08. The highest BCUT2D eigenvalue weighted by molar-refractivity contribution is 5.80. The summed E-state index contributed by atoms with van der Waals surface area (Å²) in [6.07, 6.45) is 3.79. The Morgan fingerprint density at radius 3 is 2.65 bits per heavy atom. The summed E-state index contributed by atoms with van der Waals surface area (Å²) in [6.45, 7) is 2.33. The average molecular weight is 313 g/mol. The van der Waals surface area contributed by atoms with Crippen LogP contribution >= 0.6 is 0 Å². The Bertz CT molecular complexity index is 690. The van der Waals surface area contributed by atoms with Crippen molar-refractivity contribution in [3.63, 3.8) is 0 Å². The van der Waals surface area contributed by atoms with Crippen LogP contribution < -0.4 is 4.74 Å². The summed E-state index contributed by atoms with van der Waals surface area (Å²) in [7, 11) is 1.67. The van der Waals surface area contributed by atoms with Gasteiger partial charge < -0.3 is 9.47 Å². The normalized spacial score (nSPS) is 21.1. The van der Waals surface area contributed by atoms with Gasteiger partial charge in [-0.2, -0.15) is 0 Å². The molecule has 2 aromatic rings. The van der Waals surface area contributed by atoms with Crippen LogP contribution in [0.4, 0.5) is 0 Å². The first-order valence-electron chi connectivity index (χ1n) is 8.32. The molecule has 1 aromatic heterocycles. The van der Waals surface area contributed by atoms with Gasteiger partial charge in [0.2, 0.25) is 0 Å². The number of aromatic nitrogens is 1. The molecule has 4 nitrogen and oxygen atoms in total. The van der Waals surface area contributed by atoms with E-state index >= 15 is 0 Å². The monoisotopic (exact) mass is 313 g/mol. The summed E-state index contributed by atoms with van der Waals surface area (Å²) in [4.78, 5) is 16.6. The van der Waals surface area contributed by atoms with Crippen LogP contribution in [0.3, 0.4) is 0 Å². The maximum absolute atomic E-state index is 11.8. The van der Waals surface area contributed by atoms with E-state index < -0.39 is 0 Å². The Morgan fingerprint density at radius 2 is 1.96 bits per heavy atom. The third-order valence-corrected chi connectivity index (χ3v) is 4.68. The van der Waals surface area contributed by atoms with Gasteiger partial charge in [-0.05, 0) is 56.9 Å². The molecule has 23 heavy (non-hydrogen) atoms. The van der Waals surface area contributed by atoms with E-state index in [1.165, 1.54) is 0 Å². The van der Waals surface area contributed by atoms with Gasteiger partial charge in [0.05, 0.1) is 25.2 Å². The Morgan fingerprint density at radius 1 is 1.17 bits per heavy atom. The van der Waals surface area contributed by atoms with Crippen LogP contribution in [0.15, 0.2) is 30.3 Å². The van der Waals surface area contributed by atoms with E-state index in [1.807, 2.05) is 25.1 Å². The second kappa shape index (κ2) is 6.99. The number of carbonyl (C=O) groups is 1. The minimum Gasteiger partial charge on any atom is -0.497 e. The summed E-state index contributed by atoms with van der Waals surface area (Å²) in [5.74, 6) is 1.31.